The Bertz CT molecular complexity index is 536. The van der Waals surface area contributed by atoms with Crippen molar-refractivity contribution < 1.29 is 9.59 Å². The molecule has 1 saturated carbocycles. The second-order valence-electron chi connectivity index (χ2n) is 5.98. The van der Waals surface area contributed by atoms with E-state index in [1.54, 1.807) is 24.3 Å². The number of hydrogen-bond donors (Lipinski definition) is 3. The molecule has 0 atom stereocenters. The minimum absolute atomic E-state index is 0.147. The molecule has 1 aliphatic carbocycles. The molecule has 2 amide bonds. The quantitative estimate of drug-likeness (QED) is 0.749. The van der Waals surface area contributed by atoms with Crippen LogP contribution in [0.2, 0.25) is 0 Å². The maximum Gasteiger partial charge on any atom is 0.251 e. The van der Waals surface area contributed by atoms with Crippen LogP contribution in [0.4, 0.5) is 0 Å². The second kappa shape index (κ2) is 7.40. The molecule has 1 fully saturated rings. The lowest BCUT2D eigenvalue weighted by atomic mass is 9.97. The van der Waals surface area contributed by atoms with Gasteiger partial charge in [0, 0.05) is 24.2 Å². The normalized spacial score (nSPS) is 16.3. The predicted molar refractivity (Wildman–Crippen MR) is 86.8 cm³/mol. The van der Waals surface area contributed by atoms with Crippen molar-refractivity contribution in [2.75, 3.05) is 13.1 Å². The second-order valence-corrected chi connectivity index (χ2v) is 5.98. The average molecular weight is 303 g/mol. The van der Waals surface area contributed by atoms with Crippen LogP contribution in [0.1, 0.15) is 59.7 Å². The van der Waals surface area contributed by atoms with E-state index in [0.29, 0.717) is 24.2 Å². The maximum absolute atomic E-state index is 12.5. The van der Waals surface area contributed by atoms with Crippen LogP contribution in [-0.2, 0) is 0 Å². The van der Waals surface area contributed by atoms with Crippen molar-refractivity contribution in [3.8, 4) is 0 Å². The molecule has 2 rings (SSSR count). The first kappa shape index (κ1) is 16.5. The number of carbonyl (C=O) groups excluding carboxylic acids is 2. The SMILES string of the molecule is CCCNC(=O)c1cccc(C(=O)NC2(CN)CCCC2)c1. The van der Waals surface area contributed by atoms with Gasteiger partial charge < -0.3 is 16.4 Å². The molecule has 0 radical (unpaired) electrons. The van der Waals surface area contributed by atoms with Crippen LogP contribution >= 0.6 is 0 Å². The minimum atomic E-state index is -0.280. The summed E-state index contributed by atoms with van der Waals surface area (Å²) in [6.45, 7) is 3.08. The zero-order valence-corrected chi connectivity index (χ0v) is 13.2. The molecular formula is C17H25N3O2. The van der Waals surface area contributed by atoms with Crippen LogP contribution in [0.3, 0.4) is 0 Å². The van der Waals surface area contributed by atoms with Gasteiger partial charge in [0.2, 0.25) is 0 Å². The molecule has 0 aliphatic heterocycles. The van der Waals surface area contributed by atoms with Gasteiger partial charge in [0.25, 0.3) is 11.8 Å². The Labute approximate surface area is 131 Å². The molecule has 4 N–H and O–H groups in total. The summed E-state index contributed by atoms with van der Waals surface area (Å²) in [4.78, 5) is 24.4. The highest BCUT2D eigenvalue weighted by Crippen LogP contribution is 2.28. The summed E-state index contributed by atoms with van der Waals surface area (Å²) in [7, 11) is 0. The van der Waals surface area contributed by atoms with E-state index in [4.69, 9.17) is 5.73 Å². The first-order valence-corrected chi connectivity index (χ1v) is 8.01. The summed E-state index contributed by atoms with van der Waals surface area (Å²) >= 11 is 0. The third kappa shape index (κ3) is 3.85. The summed E-state index contributed by atoms with van der Waals surface area (Å²) in [5, 5.41) is 5.89. The van der Waals surface area contributed by atoms with E-state index in [9.17, 15) is 9.59 Å². The highest BCUT2D eigenvalue weighted by atomic mass is 16.2. The minimum Gasteiger partial charge on any atom is -0.352 e. The molecule has 0 spiro atoms. The van der Waals surface area contributed by atoms with Gasteiger partial charge in [-0.2, -0.15) is 0 Å². The van der Waals surface area contributed by atoms with E-state index in [0.717, 1.165) is 32.1 Å². The van der Waals surface area contributed by atoms with Gasteiger partial charge in [0.05, 0.1) is 5.54 Å². The number of hydrogen-bond acceptors (Lipinski definition) is 3. The highest BCUT2D eigenvalue weighted by Gasteiger charge is 2.34. The third-order valence-electron chi connectivity index (χ3n) is 4.25. The van der Waals surface area contributed by atoms with E-state index in [1.807, 2.05) is 6.92 Å². The van der Waals surface area contributed by atoms with Gasteiger partial charge in [-0.15, -0.1) is 0 Å². The molecule has 5 nitrogen and oxygen atoms in total. The van der Waals surface area contributed by atoms with Crippen molar-refractivity contribution in [3.05, 3.63) is 35.4 Å². The summed E-state index contributed by atoms with van der Waals surface area (Å²) in [5.41, 5.74) is 6.58. The molecule has 120 valence electrons. The number of benzene rings is 1. The smallest absolute Gasteiger partial charge is 0.251 e. The fourth-order valence-corrected chi connectivity index (χ4v) is 2.89. The Morgan fingerprint density at radius 2 is 1.82 bits per heavy atom. The lowest BCUT2D eigenvalue weighted by molar-refractivity contribution is 0.0903. The van der Waals surface area contributed by atoms with Crippen LogP contribution in [0, 0.1) is 0 Å². The molecule has 0 heterocycles. The van der Waals surface area contributed by atoms with Gasteiger partial charge in [-0.25, -0.2) is 0 Å². The van der Waals surface area contributed by atoms with Crippen molar-refractivity contribution in [2.24, 2.45) is 5.73 Å². The van der Waals surface area contributed by atoms with E-state index in [-0.39, 0.29) is 17.4 Å². The van der Waals surface area contributed by atoms with Gasteiger partial charge in [-0.05, 0) is 37.5 Å². The Morgan fingerprint density at radius 3 is 2.41 bits per heavy atom. The number of amides is 2. The Balaban J connectivity index is 2.08. The molecule has 0 aromatic heterocycles. The Morgan fingerprint density at radius 1 is 1.18 bits per heavy atom. The maximum atomic E-state index is 12.5. The Hall–Kier alpha value is -1.88. The van der Waals surface area contributed by atoms with Gasteiger partial charge >= 0.3 is 0 Å². The van der Waals surface area contributed by atoms with Crippen molar-refractivity contribution in [1.29, 1.82) is 0 Å². The zero-order chi connectivity index (χ0) is 16.0. The number of carbonyl (C=O) groups is 2. The fraction of sp³-hybridized carbons (Fsp3) is 0.529. The van der Waals surface area contributed by atoms with E-state index >= 15 is 0 Å². The average Bonchev–Trinajstić information content (AvgIpc) is 3.01. The molecule has 0 unspecified atom stereocenters. The molecule has 0 bridgehead atoms. The number of rotatable bonds is 6. The van der Waals surface area contributed by atoms with Gasteiger partial charge in [0.1, 0.15) is 0 Å². The standard InChI is InChI=1S/C17H25N3O2/c1-2-10-19-15(21)13-6-5-7-14(11-13)16(22)20-17(12-18)8-3-4-9-17/h5-7,11H,2-4,8-10,12,18H2,1H3,(H,19,21)(H,20,22). The van der Waals surface area contributed by atoms with Gasteiger partial charge in [0.15, 0.2) is 0 Å². The lowest BCUT2D eigenvalue weighted by Crippen LogP contribution is -2.51. The topological polar surface area (TPSA) is 84.2 Å². The van der Waals surface area contributed by atoms with Crippen LogP contribution in [0.5, 0.6) is 0 Å². The fourth-order valence-electron chi connectivity index (χ4n) is 2.89. The Kier molecular flexibility index (Phi) is 5.55. The van der Waals surface area contributed by atoms with E-state index in [2.05, 4.69) is 10.6 Å². The summed E-state index contributed by atoms with van der Waals surface area (Å²) < 4.78 is 0. The number of nitrogens with two attached hydrogens (primary N) is 1. The molecule has 5 heteroatoms. The largest absolute Gasteiger partial charge is 0.352 e. The molecule has 0 saturated heterocycles. The van der Waals surface area contributed by atoms with Crippen molar-refractivity contribution in [1.82, 2.24) is 10.6 Å². The number of nitrogens with one attached hydrogen (secondary N) is 2. The monoisotopic (exact) mass is 303 g/mol. The van der Waals surface area contributed by atoms with Crippen LogP contribution < -0.4 is 16.4 Å². The first-order valence-electron chi connectivity index (χ1n) is 8.01. The molecule has 1 aromatic rings. The zero-order valence-electron chi connectivity index (χ0n) is 13.2. The predicted octanol–water partition coefficient (Wildman–Crippen LogP) is 1.83. The summed E-state index contributed by atoms with van der Waals surface area (Å²) in [5.74, 6) is -0.302. The third-order valence-corrected chi connectivity index (χ3v) is 4.25. The molecule has 22 heavy (non-hydrogen) atoms. The van der Waals surface area contributed by atoms with Crippen molar-refractivity contribution in [3.63, 3.8) is 0 Å². The summed E-state index contributed by atoms with van der Waals surface area (Å²) in [6, 6.07) is 6.82. The van der Waals surface area contributed by atoms with Gasteiger partial charge in [-0.1, -0.05) is 25.8 Å². The van der Waals surface area contributed by atoms with E-state index < -0.39 is 0 Å². The van der Waals surface area contributed by atoms with Crippen molar-refractivity contribution in [2.45, 2.75) is 44.6 Å². The lowest BCUT2D eigenvalue weighted by Gasteiger charge is -2.28. The molecular weight excluding hydrogens is 278 g/mol. The highest BCUT2D eigenvalue weighted by molar-refractivity contribution is 5.99. The summed E-state index contributed by atoms with van der Waals surface area (Å²) in [6.07, 6.45) is 4.91. The van der Waals surface area contributed by atoms with Crippen LogP contribution in [0.25, 0.3) is 0 Å². The van der Waals surface area contributed by atoms with Crippen LogP contribution in [0.15, 0.2) is 24.3 Å². The van der Waals surface area contributed by atoms with Gasteiger partial charge in [-0.3, -0.25) is 9.59 Å². The molecule has 1 aromatic carbocycles. The van der Waals surface area contributed by atoms with Crippen LogP contribution in [-0.4, -0.2) is 30.4 Å². The first-order chi connectivity index (χ1) is 10.6. The van der Waals surface area contributed by atoms with E-state index in [1.165, 1.54) is 0 Å². The molecule has 1 aliphatic rings. The van der Waals surface area contributed by atoms with Crippen molar-refractivity contribution >= 4 is 11.8 Å².